The van der Waals surface area contributed by atoms with Crippen LogP contribution in [0.3, 0.4) is 0 Å². The molecule has 2 nitrogen and oxygen atoms in total. The molecule has 0 bridgehead atoms. The van der Waals surface area contributed by atoms with Gasteiger partial charge < -0.3 is 0 Å². The van der Waals surface area contributed by atoms with Crippen LogP contribution in [0.15, 0.2) is 23.1 Å². The van der Waals surface area contributed by atoms with Crippen LogP contribution in [0.1, 0.15) is 13.3 Å². The van der Waals surface area contributed by atoms with E-state index in [0.29, 0.717) is 21.4 Å². The van der Waals surface area contributed by atoms with Gasteiger partial charge in [0.15, 0.2) is 0 Å². The van der Waals surface area contributed by atoms with Crippen molar-refractivity contribution in [1.82, 2.24) is 0 Å². The van der Waals surface area contributed by atoms with E-state index in [9.17, 15) is 9.00 Å². The summed E-state index contributed by atoms with van der Waals surface area (Å²) in [5.74, 6) is -0.0933. The molecule has 1 aromatic carbocycles. The van der Waals surface area contributed by atoms with Crippen molar-refractivity contribution in [2.75, 3.05) is 5.75 Å². The highest BCUT2D eigenvalue weighted by molar-refractivity contribution is 7.86. The SMILES string of the molecule is CCC(=O)CS(=O)c1c(Cl)cccc1Cl. The van der Waals surface area contributed by atoms with Crippen molar-refractivity contribution < 1.29 is 9.00 Å². The number of rotatable bonds is 4. The molecule has 0 saturated carbocycles. The lowest BCUT2D eigenvalue weighted by atomic mass is 10.3. The summed E-state index contributed by atoms with van der Waals surface area (Å²) in [5.41, 5.74) is 0. The molecule has 0 radical (unpaired) electrons. The zero-order chi connectivity index (χ0) is 11.4. The molecule has 0 aromatic heterocycles. The summed E-state index contributed by atoms with van der Waals surface area (Å²) >= 11 is 11.7. The summed E-state index contributed by atoms with van der Waals surface area (Å²) in [5, 5.41) is 0.675. The quantitative estimate of drug-likeness (QED) is 0.838. The number of benzene rings is 1. The third-order valence-electron chi connectivity index (χ3n) is 1.83. The molecule has 15 heavy (non-hydrogen) atoms. The number of ketones is 1. The zero-order valence-corrected chi connectivity index (χ0v) is 10.5. The summed E-state index contributed by atoms with van der Waals surface area (Å²) in [4.78, 5) is 11.5. The molecule has 5 heteroatoms. The highest BCUT2D eigenvalue weighted by Gasteiger charge is 2.15. The van der Waals surface area contributed by atoms with E-state index in [1.807, 2.05) is 0 Å². The van der Waals surface area contributed by atoms with Crippen molar-refractivity contribution in [3.8, 4) is 0 Å². The Hall–Kier alpha value is -0.380. The predicted octanol–water partition coefficient (Wildman–Crippen LogP) is 3.08. The molecule has 0 heterocycles. The standard InChI is InChI=1S/C10H10Cl2O2S/c1-2-7(13)6-15(14)10-8(11)4-3-5-9(10)12/h3-5H,2,6H2,1H3. The van der Waals surface area contributed by atoms with Crippen molar-refractivity contribution in [3.63, 3.8) is 0 Å². The minimum atomic E-state index is -1.45. The lowest BCUT2D eigenvalue weighted by Gasteiger charge is -2.05. The minimum Gasteiger partial charge on any atom is -0.299 e. The fraction of sp³-hybridized carbons (Fsp3) is 0.300. The van der Waals surface area contributed by atoms with Crippen LogP contribution in [-0.2, 0) is 15.6 Å². The molecule has 0 amide bonds. The second kappa shape index (κ2) is 5.64. The topological polar surface area (TPSA) is 34.1 Å². The number of halogens is 2. The number of carbonyl (C=O) groups excluding carboxylic acids is 1. The third kappa shape index (κ3) is 3.30. The maximum atomic E-state index is 11.8. The van der Waals surface area contributed by atoms with Gasteiger partial charge in [0.05, 0.1) is 31.5 Å². The molecule has 0 fully saturated rings. The van der Waals surface area contributed by atoms with Gasteiger partial charge in [-0.2, -0.15) is 0 Å². The molecule has 82 valence electrons. The van der Waals surface area contributed by atoms with Gasteiger partial charge in [0.25, 0.3) is 0 Å². The molecule has 0 aliphatic carbocycles. The van der Waals surface area contributed by atoms with Crippen molar-refractivity contribution in [3.05, 3.63) is 28.2 Å². The Morgan fingerprint density at radius 2 is 1.87 bits per heavy atom. The van der Waals surface area contributed by atoms with Crippen LogP contribution < -0.4 is 0 Å². The molecule has 0 N–H and O–H groups in total. The second-order valence-corrected chi connectivity index (χ2v) is 5.14. The molecule has 0 aliphatic rings. The third-order valence-corrected chi connectivity index (χ3v) is 4.17. The highest BCUT2D eigenvalue weighted by atomic mass is 35.5. The van der Waals surface area contributed by atoms with E-state index in [1.165, 1.54) is 0 Å². The summed E-state index contributed by atoms with van der Waals surface area (Å²) in [6.45, 7) is 1.73. The van der Waals surface area contributed by atoms with Crippen molar-refractivity contribution in [2.24, 2.45) is 0 Å². The fourth-order valence-corrected chi connectivity index (χ4v) is 3.15. The molecular weight excluding hydrogens is 255 g/mol. The van der Waals surface area contributed by atoms with Crippen molar-refractivity contribution >= 4 is 39.8 Å². The molecule has 1 unspecified atom stereocenters. The number of hydrogen-bond acceptors (Lipinski definition) is 2. The van der Waals surface area contributed by atoms with Gasteiger partial charge in [0.2, 0.25) is 0 Å². The molecule has 1 atom stereocenters. The Morgan fingerprint density at radius 1 is 1.33 bits per heavy atom. The Labute approximate surface area is 101 Å². The van der Waals surface area contributed by atoms with Gasteiger partial charge >= 0.3 is 0 Å². The molecular formula is C10H10Cl2O2S. The zero-order valence-electron chi connectivity index (χ0n) is 8.13. The Morgan fingerprint density at radius 3 is 2.33 bits per heavy atom. The predicted molar refractivity (Wildman–Crippen MR) is 63.0 cm³/mol. The van der Waals surface area contributed by atoms with Crippen LogP contribution in [0.2, 0.25) is 10.0 Å². The first-order valence-electron chi connectivity index (χ1n) is 4.40. The molecule has 1 rings (SSSR count). The van der Waals surface area contributed by atoms with Crippen molar-refractivity contribution in [1.29, 1.82) is 0 Å². The summed E-state index contributed by atoms with van der Waals surface area (Å²) < 4.78 is 11.8. The van der Waals surface area contributed by atoms with E-state index in [4.69, 9.17) is 23.2 Å². The van der Waals surface area contributed by atoms with Gasteiger partial charge in [-0.25, -0.2) is 0 Å². The fourth-order valence-electron chi connectivity index (χ4n) is 1.02. The largest absolute Gasteiger partial charge is 0.299 e. The van der Waals surface area contributed by atoms with Gasteiger partial charge in [-0.05, 0) is 12.1 Å². The van der Waals surface area contributed by atoms with Crippen LogP contribution in [-0.4, -0.2) is 15.7 Å². The van der Waals surface area contributed by atoms with E-state index in [1.54, 1.807) is 25.1 Å². The average molecular weight is 265 g/mol. The first-order valence-corrected chi connectivity index (χ1v) is 6.47. The van der Waals surface area contributed by atoms with Crippen molar-refractivity contribution in [2.45, 2.75) is 18.2 Å². The van der Waals surface area contributed by atoms with Crippen LogP contribution in [0, 0.1) is 0 Å². The van der Waals surface area contributed by atoms with Gasteiger partial charge in [0.1, 0.15) is 5.78 Å². The van der Waals surface area contributed by atoms with E-state index >= 15 is 0 Å². The van der Waals surface area contributed by atoms with E-state index in [-0.39, 0.29) is 11.5 Å². The summed E-state index contributed by atoms with van der Waals surface area (Å²) in [7, 11) is -1.45. The Bertz CT molecular complexity index is 384. The molecule has 0 aliphatic heterocycles. The van der Waals surface area contributed by atoms with Crippen LogP contribution in [0.4, 0.5) is 0 Å². The number of carbonyl (C=O) groups is 1. The molecule has 0 spiro atoms. The van der Waals surface area contributed by atoms with E-state index in [0.717, 1.165) is 0 Å². The van der Waals surface area contributed by atoms with Gasteiger partial charge in [-0.15, -0.1) is 0 Å². The monoisotopic (exact) mass is 264 g/mol. The average Bonchev–Trinajstić information content (AvgIpc) is 2.17. The smallest absolute Gasteiger partial charge is 0.145 e. The maximum Gasteiger partial charge on any atom is 0.145 e. The van der Waals surface area contributed by atoms with Gasteiger partial charge in [-0.1, -0.05) is 36.2 Å². The van der Waals surface area contributed by atoms with Crippen LogP contribution >= 0.6 is 23.2 Å². The first-order chi connectivity index (χ1) is 7.06. The number of hydrogen-bond donors (Lipinski definition) is 0. The Balaban J connectivity index is 2.96. The minimum absolute atomic E-state index is 0.0278. The summed E-state index contributed by atoms with van der Waals surface area (Å²) in [6.07, 6.45) is 0.369. The Kier molecular flexibility index (Phi) is 4.77. The van der Waals surface area contributed by atoms with Gasteiger partial charge in [0, 0.05) is 6.42 Å². The van der Waals surface area contributed by atoms with Crippen LogP contribution in [0.25, 0.3) is 0 Å². The molecule has 0 saturated heterocycles. The molecule has 1 aromatic rings. The van der Waals surface area contributed by atoms with E-state index < -0.39 is 10.8 Å². The lowest BCUT2D eigenvalue weighted by Crippen LogP contribution is -2.09. The maximum absolute atomic E-state index is 11.8. The normalized spacial score (nSPS) is 12.5. The van der Waals surface area contributed by atoms with E-state index in [2.05, 4.69) is 0 Å². The van der Waals surface area contributed by atoms with Gasteiger partial charge in [-0.3, -0.25) is 9.00 Å². The lowest BCUT2D eigenvalue weighted by molar-refractivity contribution is -0.116. The first kappa shape index (κ1) is 12.7. The highest BCUT2D eigenvalue weighted by Crippen LogP contribution is 2.27. The number of Topliss-reactive ketones (excluding diaryl/α,β-unsaturated/α-hetero) is 1. The summed E-state index contributed by atoms with van der Waals surface area (Å²) in [6, 6.07) is 4.89. The van der Waals surface area contributed by atoms with Crippen LogP contribution in [0.5, 0.6) is 0 Å². The second-order valence-electron chi connectivity index (χ2n) is 2.93.